The summed E-state index contributed by atoms with van der Waals surface area (Å²) >= 11 is 12.7. The van der Waals surface area contributed by atoms with Gasteiger partial charge in [0.25, 0.3) is 11.5 Å². The molecule has 6 nitrogen and oxygen atoms in total. The lowest BCUT2D eigenvalue weighted by Crippen LogP contribution is -2.38. The number of nitrogens with zero attached hydrogens (tertiary/aromatic N) is 3. The quantitative estimate of drug-likeness (QED) is 0.193. The van der Waals surface area contributed by atoms with Crippen molar-refractivity contribution in [3.63, 3.8) is 0 Å². The number of carbonyl (C=O) groups is 1. The second-order valence-electron chi connectivity index (χ2n) is 9.27. The number of hydrogen-bond acceptors (Lipinski definition) is 4. The van der Waals surface area contributed by atoms with Gasteiger partial charge in [-0.3, -0.25) is 14.2 Å². The highest BCUT2D eigenvalue weighted by Gasteiger charge is 2.31. The van der Waals surface area contributed by atoms with Gasteiger partial charge in [0.15, 0.2) is 0 Å². The molecule has 0 aliphatic carbocycles. The Balaban J connectivity index is 1.77. The third-order valence-electron chi connectivity index (χ3n) is 6.81. The molecule has 0 N–H and O–H groups in total. The summed E-state index contributed by atoms with van der Waals surface area (Å²) in [5.41, 5.74) is 2.07. The Kier molecular flexibility index (Phi) is 8.19. The van der Waals surface area contributed by atoms with Crippen LogP contribution in [0.5, 0.6) is 5.75 Å². The Bertz CT molecular complexity index is 1740. The third kappa shape index (κ3) is 5.33. The molecule has 0 radical (unpaired) electrons. The van der Waals surface area contributed by atoms with Gasteiger partial charge in [0.05, 0.1) is 40.3 Å². The number of amides is 1. The van der Waals surface area contributed by atoms with Gasteiger partial charge >= 0.3 is 0 Å². The first-order chi connectivity index (χ1) is 19.4. The molecule has 0 saturated heterocycles. The summed E-state index contributed by atoms with van der Waals surface area (Å²) in [6.45, 7) is 2.24. The normalized spacial score (nSPS) is 11.8. The lowest BCUT2D eigenvalue weighted by atomic mass is 10.1. The van der Waals surface area contributed by atoms with E-state index in [1.54, 1.807) is 53.0 Å². The number of aromatic nitrogens is 2. The summed E-state index contributed by atoms with van der Waals surface area (Å²) in [7, 11) is 1.56. The lowest BCUT2D eigenvalue weighted by Gasteiger charge is -2.33. The number of methoxy groups -OCH3 is 1. The highest BCUT2D eigenvalue weighted by Crippen LogP contribution is 2.33. The zero-order valence-corrected chi connectivity index (χ0v) is 23.6. The number of para-hydroxylation sites is 3. The van der Waals surface area contributed by atoms with E-state index in [1.165, 1.54) is 0 Å². The Morgan fingerprint density at radius 2 is 1.65 bits per heavy atom. The molecule has 1 heterocycles. The summed E-state index contributed by atoms with van der Waals surface area (Å²) in [5, 5.41) is 1.15. The number of hydrogen-bond donors (Lipinski definition) is 0. The van der Waals surface area contributed by atoms with E-state index in [-0.39, 0.29) is 23.0 Å². The number of ether oxygens (including phenoxy) is 1. The monoisotopic (exact) mass is 571 g/mol. The molecule has 5 rings (SSSR count). The first-order valence-corrected chi connectivity index (χ1v) is 13.6. The number of rotatable bonds is 8. The summed E-state index contributed by atoms with van der Waals surface area (Å²) in [6, 6.07) is 28.4. The van der Waals surface area contributed by atoms with Crippen molar-refractivity contribution in [2.45, 2.75) is 25.9 Å². The van der Waals surface area contributed by atoms with E-state index in [0.717, 1.165) is 5.56 Å². The molecule has 0 aliphatic rings. The van der Waals surface area contributed by atoms with Crippen LogP contribution >= 0.6 is 23.2 Å². The van der Waals surface area contributed by atoms with Crippen molar-refractivity contribution in [1.29, 1.82) is 0 Å². The maximum Gasteiger partial charge on any atom is 0.266 e. The third-order valence-corrected chi connectivity index (χ3v) is 7.35. The summed E-state index contributed by atoms with van der Waals surface area (Å²) in [5.74, 6) is 0.635. The fourth-order valence-corrected chi connectivity index (χ4v) is 5.37. The molecular formula is C32H27Cl2N3O3. The number of benzene rings is 4. The average Bonchev–Trinajstić information content (AvgIpc) is 2.97. The average molecular weight is 572 g/mol. The van der Waals surface area contributed by atoms with Gasteiger partial charge < -0.3 is 9.64 Å². The maximum absolute atomic E-state index is 14.2. The molecule has 4 aromatic carbocycles. The Morgan fingerprint density at radius 3 is 2.38 bits per heavy atom. The van der Waals surface area contributed by atoms with E-state index >= 15 is 0 Å². The van der Waals surface area contributed by atoms with Crippen LogP contribution in [0.25, 0.3) is 16.6 Å². The molecule has 0 saturated carbocycles. The highest BCUT2D eigenvalue weighted by molar-refractivity contribution is 6.36. The molecule has 0 fully saturated rings. The zero-order chi connectivity index (χ0) is 28.2. The predicted octanol–water partition coefficient (Wildman–Crippen LogP) is 7.49. The highest BCUT2D eigenvalue weighted by atomic mass is 35.5. The molecule has 0 bridgehead atoms. The van der Waals surface area contributed by atoms with Crippen molar-refractivity contribution in [3.05, 3.63) is 134 Å². The fraction of sp³-hybridized carbons (Fsp3) is 0.156. The van der Waals surface area contributed by atoms with Crippen molar-refractivity contribution in [3.8, 4) is 11.4 Å². The number of halogens is 2. The molecule has 1 aromatic heterocycles. The van der Waals surface area contributed by atoms with E-state index < -0.39 is 6.04 Å². The molecule has 1 unspecified atom stereocenters. The van der Waals surface area contributed by atoms with Crippen molar-refractivity contribution in [1.82, 2.24) is 14.5 Å². The van der Waals surface area contributed by atoms with Crippen LogP contribution in [0.2, 0.25) is 10.0 Å². The molecule has 1 amide bonds. The van der Waals surface area contributed by atoms with Crippen LogP contribution in [0.3, 0.4) is 0 Å². The van der Waals surface area contributed by atoms with Crippen LogP contribution in [0.1, 0.15) is 41.1 Å². The van der Waals surface area contributed by atoms with Gasteiger partial charge in [0, 0.05) is 11.6 Å². The van der Waals surface area contributed by atoms with Gasteiger partial charge in [-0.05, 0) is 54.4 Å². The molecular weight excluding hydrogens is 545 g/mol. The van der Waals surface area contributed by atoms with Gasteiger partial charge in [0.1, 0.15) is 11.6 Å². The second kappa shape index (κ2) is 11.9. The minimum atomic E-state index is -0.596. The molecule has 40 heavy (non-hydrogen) atoms. The van der Waals surface area contributed by atoms with E-state index in [0.29, 0.717) is 45.2 Å². The number of fused-ring (bicyclic) bond motifs is 1. The van der Waals surface area contributed by atoms with Crippen molar-refractivity contribution in [2.75, 3.05) is 7.11 Å². The van der Waals surface area contributed by atoms with Crippen LogP contribution in [0.15, 0.2) is 102 Å². The van der Waals surface area contributed by atoms with Crippen LogP contribution in [-0.4, -0.2) is 27.5 Å². The van der Waals surface area contributed by atoms with Crippen LogP contribution < -0.4 is 10.3 Å². The van der Waals surface area contributed by atoms with Crippen molar-refractivity contribution >= 4 is 40.0 Å². The van der Waals surface area contributed by atoms with E-state index in [2.05, 4.69) is 0 Å². The van der Waals surface area contributed by atoms with Crippen molar-refractivity contribution < 1.29 is 9.53 Å². The molecule has 0 aliphatic heterocycles. The topological polar surface area (TPSA) is 64.4 Å². The van der Waals surface area contributed by atoms with Crippen LogP contribution in [-0.2, 0) is 6.54 Å². The van der Waals surface area contributed by atoms with Gasteiger partial charge in [-0.1, -0.05) is 84.7 Å². The molecule has 5 aromatic rings. The SMILES string of the molecule is CCC(c1nc2ccccc2c(=O)n1-c1ccccc1OC)N(Cc1ccccc1)C(=O)c1ccc(Cl)cc1Cl. The Hall–Kier alpha value is -4.13. The Labute approximate surface area is 242 Å². The van der Waals surface area contributed by atoms with Gasteiger partial charge in [-0.25, -0.2) is 4.98 Å². The number of carbonyl (C=O) groups excluding carboxylic acids is 1. The minimum Gasteiger partial charge on any atom is -0.495 e. The first kappa shape index (κ1) is 27.4. The van der Waals surface area contributed by atoms with E-state index in [9.17, 15) is 9.59 Å². The van der Waals surface area contributed by atoms with Gasteiger partial charge in [-0.15, -0.1) is 0 Å². The predicted molar refractivity (Wildman–Crippen MR) is 160 cm³/mol. The van der Waals surface area contributed by atoms with Crippen LogP contribution in [0, 0.1) is 0 Å². The molecule has 8 heteroatoms. The fourth-order valence-electron chi connectivity index (χ4n) is 4.88. The molecule has 0 spiro atoms. The molecule has 202 valence electrons. The lowest BCUT2D eigenvalue weighted by molar-refractivity contribution is 0.0641. The summed E-state index contributed by atoms with van der Waals surface area (Å²) in [4.78, 5) is 35.0. The minimum absolute atomic E-state index is 0.249. The van der Waals surface area contributed by atoms with Gasteiger partial charge in [0.2, 0.25) is 0 Å². The molecule has 1 atom stereocenters. The largest absolute Gasteiger partial charge is 0.495 e. The summed E-state index contributed by atoms with van der Waals surface area (Å²) in [6.07, 6.45) is 0.476. The van der Waals surface area contributed by atoms with Crippen LogP contribution in [0.4, 0.5) is 0 Å². The van der Waals surface area contributed by atoms with E-state index in [4.69, 9.17) is 32.9 Å². The Morgan fingerprint density at radius 1 is 0.950 bits per heavy atom. The van der Waals surface area contributed by atoms with E-state index in [1.807, 2.05) is 67.6 Å². The van der Waals surface area contributed by atoms with Gasteiger partial charge in [-0.2, -0.15) is 0 Å². The maximum atomic E-state index is 14.2. The smallest absolute Gasteiger partial charge is 0.266 e. The second-order valence-corrected chi connectivity index (χ2v) is 10.1. The first-order valence-electron chi connectivity index (χ1n) is 12.9. The zero-order valence-electron chi connectivity index (χ0n) is 22.1. The standard InChI is InChI=1S/C32H27Cl2N3O3/c1-3-27(36(20-21-11-5-4-6-12-21)31(38)23-18-17-22(33)19-25(23)34)30-35-26-14-8-7-13-24(26)32(39)37(30)28-15-9-10-16-29(28)40-2/h4-19,27H,3,20H2,1-2H3. The van der Waals surface area contributed by atoms with Crippen molar-refractivity contribution in [2.24, 2.45) is 0 Å². The summed E-state index contributed by atoms with van der Waals surface area (Å²) < 4.78 is 7.20.